The molecule has 0 fully saturated rings. The van der Waals surface area contributed by atoms with Gasteiger partial charge >= 0.3 is 13.8 Å². The number of phosphoric ester groups is 1. The van der Waals surface area contributed by atoms with Gasteiger partial charge in [0.15, 0.2) is 5.43 Å². The predicted octanol–water partition coefficient (Wildman–Crippen LogP) is 4.41. The zero-order valence-corrected chi connectivity index (χ0v) is 22.0. The molecule has 0 saturated carbocycles. The van der Waals surface area contributed by atoms with Crippen LogP contribution in [0.15, 0.2) is 88.1 Å². The van der Waals surface area contributed by atoms with Gasteiger partial charge in [-0.05, 0) is 66.1 Å². The number of fused-ring (bicyclic) bond motifs is 2. The lowest BCUT2D eigenvalue weighted by Crippen LogP contribution is -2.26. The van der Waals surface area contributed by atoms with Crippen molar-refractivity contribution in [3.8, 4) is 33.9 Å². The number of phenolic OH excluding ortho intramolecular Hbond substituents is 1. The molecule has 0 saturated heterocycles. The molecular weight excluding hydrogens is 553 g/mol. The van der Waals surface area contributed by atoms with Gasteiger partial charge in [0.2, 0.25) is 0 Å². The highest BCUT2D eigenvalue weighted by Gasteiger charge is 2.23. The molecule has 1 heterocycles. The van der Waals surface area contributed by atoms with E-state index in [0.29, 0.717) is 28.5 Å². The third-order valence-corrected chi connectivity index (χ3v) is 6.75. The van der Waals surface area contributed by atoms with Crippen molar-refractivity contribution in [2.45, 2.75) is 6.42 Å². The standard InChI is InChI=1S/C29H22NO10P/c31-18-4-9-22-25(14-18)39-26-15-19(32)5-10-23(26)27(22)21-8-3-17(13-24(21)29(34)35)28(33)30-12-11-16-1-6-20(7-2-16)40-41(36,37)38/h1-10,13-15,31H,11-12H2,(H,30,33)(H,34,35)(H2,36,37,38). The van der Waals surface area contributed by atoms with E-state index >= 15 is 0 Å². The monoisotopic (exact) mass is 575 g/mol. The smallest absolute Gasteiger partial charge is 0.508 e. The molecule has 1 aliphatic heterocycles. The average Bonchev–Trinajstić information content (AvgIpc) is 2.91. The minimum atomic E-state index is -4.66. The van der Waals surface area contributed by atoms with E-state index in [-0.39, 0.29) is 45.9 Å². The second-order valence-corrected chi connectivity index (χ2v) is 10.3. The average molecular weight is 575 g/mol. The van der Waals surface area contributed by atoms with Crippen LogP contribution in [0.4, 0.5) is 0 Å². The molecule has 12 heteroatoms. The Hall–Kier alpha value is -4.96. The predicted molar refractivity (Wildman–Crippen MR) is 148 cm³/mol. The van der Waals surface area contributed by atoms with Crippen LogP contribution in [0.25, 0.3) is 33.4 Å². The number of carboxylic acids is 1. The molecule has 0 atom stereocenters. The third-order valence-electron chi connectivity index (χ3n) is 6.31. The minimum absolute atomic E-state index is 0.00493. The first-order chi connectivity index (χ1) is 19.5. The first-order valence-electron chi connectivity index (χ1n) is 12.2. The number of amides is 1. The van der Waals surface area contributed by atoms with Crippen molar-refractivity contribution in [1.29, 1.82) is 0 Å². The van der Waals surface area contributed by atoms with Crippen molar-refractivity contribution >= 4 is 30.7 Å². The second kappa shape index (κ2) is 10.9. The lowest BCUT2D eigenvalue weighted by atomic mass is 9.90. The Labute approximate surface area is 231 Å². The van der Waals surface area contributed by atoms with Gasteiger partial charge < -0.3 is 24.5 Å². The fourth-order valence-corrected chi connectivity index (χ4v) is 4.90. The number of carbonyl (C=O) groups excluding carboxylic acids is 1. The van der Waals surface area contributed by atoms with Crippen LogP contribution in [0.5, 0.6) is 11.5 Å². The van der Waals surface area contributed by atoms with Crippen LogP contribution < -0.4 is 15.3 Å². The summed E-state index contributed by atoms with van der Waals surface area (Å²) in [6.45, 7) is 0.207. The fourth-order valence-electron chi connectivity index (χ4n) is 4.51. The van der Waals surface area contributed by atoms with Crippen molar-refractivity contribution in [1.82, 2.24) is 5.32 Å². The summed E-state index contributed by atoms with van der Waals surface area (Å²) in [5, 5.41) is 23.3. The van der Waals surface area contributed by atoms with E-state index in [1.54, 1.807) is 24.3 Å². The van der Waals surface area contributed by atoms with Gasteiger partial charge in [-0.25, -0.2) is 9.36 Å². The van der Waals surface area contributed by atoms with Gasteiger partial charge in [0.25, 0.3) is 5.91 Å². The fraction of sp³-hybridized carbons (Fsp3) is 0.0690. The third kappa shape index (κ3) is 6.12. The Kier molecular flexibility index (Phi) is 7.34. The number of carboxylic acid groups (broad SMARTS) is 1. The first kappa shape index (κ1) is 27.6. The van der Waals surface area contributed by atoms with Crippen LogP contribution >= 0.6 is 7.82 Å². The summed E-state index contributed by atoms with van der Waals surface area (Å²) in [5.74, 6) is -1.62. The summed E-state index contributed by atoms with van der Waals surface area (Å²) >= 11 is 0. The van der Waals surface area contributed by atoms with Gasteiger partial charge in [-0.1, -0.05) is 18.2 Å². The maximum Gasteiger partial charge on any atom is 0.524 e. The van der Waals surface area contributed by atoms with Crippen LogP contribution in [0.2, 0.25) is 0 Å². The summed E-state index contributed by atoms with van der Waals surface area (Å²) in [7, 11) is -4.66. The maximum absolute atomic E-state index is 12.9. The Morgan fingerprint density at radius 2 is 1.63 bits per heavy atom. The molecular formula is C29H22NO10P. The molecule has 1 amide bonds. The van der Waals surface area contributed by atoms with E-state index in [2.05, 4.69) is 9.84 Å². The number of aromatic hydroxyl groups is 1. The summed E-state index contributed by atoms with van der Waals surface area (Å²) < 4.78 is 21.3. The van der Waals surface area contributed by atoms with Gasteiger partial charge in [-0.15, -0.1) is 0 Å². The van der Waals surface area contributed by atoms with E-state index in [1.807, 2.05) is 0 Å². The van der Waals surface area contributed by atoms with Crippen LogP contribution in [0.3, 0.4) is 0 Å². The zero-order valence-electron chi connectivity index (χ0n) is 21.1. The molecule has 2 aliphatic rings. The quantitative estimate of drug-likeness (QED) is 0.131. The highest BCUT2D eigenvalue weighted by atomic mass is 31.2. The molecule has 5 N–H and O–H groups in total. The number of benzene rings is 4. The minimum Gasteiger partial charge on any atom is -0.508 e. The van der Waals surface area contributed by atoms with E-state index in [4.69, 9.17) is 14.2 Å². The molecule has 5 rings (SSSR count). The number of nitrogens with one attached hydrogen (secondary N) is 1. The van der Waals surface area contributed by atoms with Crippen molar-refractivity contribution in [2.24, 2.45) is 0 Å². The number of hydrogen-bond acceptors (Lipinski definition) is 7. The maximum atomic E-state index is 12.9. The van der Waals surface area contributed by atoms with Crippen LogP contribution in [-0.4, -0.2) is 38.4 Å². The SMILES string of the molecule is O=C(NCCc1ccc(OP(=O)(O)O)cc1)c1ccc(-c2c3ccc(=O)cc-3oc3cc(O)ccc23)c(C(=O)O)c1. The normalized spacial score (nSPS) is 11.5. The zero-order chi connectivity index (χ0) is 29.3. The number of carbonyl (C=O) groups is 2. The Balaban J connectivity index is 1.43. The van der Waals surface area contributed by atoms with Crippen molar-refractivity contribution in [3.05, 3.63) is 106 Å². The van der Waals surface area contributed by atoms with Gasteiger partial charge in [0.05, 0.1) is 5.56 Å². The van der Waals surface area contributed by atoms with Gasteiger partial charge in [0, 0.05) is 40.8 Å². The van der Waals surface area contributed by atoms with E-state index in [0.717, 1.165) is 5.56 Å². The number of aromatic carboxylic acids is 1. The molecule has 3 aromatic rings. The van der Waals surface area contributed by atoms with E-state index in [9.17, 15) is 29.2 Å². The Bertz CT molecular complexity index is 1870. The molecule has 0 unspecified atom stereocenters. The van der Waals surface area contributed by atoms with E-state index in [1.165, 1.54) is 54.6 Å². The highest BCUT2D eigenvalue weighted by Crippen LogP contribution is 2.42. The van der Waals surface area contributed by atoms with Crippen molar-refractivity contribution in [3.63, 3.8) is 0 Å². The molecule has 208 valence electrons. The molecule has 0 aromatic heterocycles. The van der Waals surface area contributed by atoms with Crippen molar-refractivity contribution in [2.75, 3.05) is 6.54 Å². The summed E-state index contributed by atoms with van der Waals surface area (Å²) in [5.41, 5.74) is 1.93. The van der Waals surface area contributed by atoms with Gasteiger partial charge in [-0.2, -0.15) is 0 Å². The second-order valence-electron chi connectivity index (χ2n) is 9.11. The molecule has 0 spiro atoms. The van der Waals surface area contributed by atoms with Crippen LogP contribution in [0.1, 0.15) is 26.3 Å². The molecule has 11 nitrogen and oxygen atoms in total. The Morgan fingerprint density at radius 1 is 0.902 bits per heavy atom. The first-order valence-corrected chi connectivity index (χ1v) is 13.7. The molecule has 0 radical (unpaired) electrons. The van der Waals surface area contributed by atoms with Crippen LogP contribution in [0, 0.1) is 0 Å². The summed E-state index contributed by atoms with van der Waals surface area (Å²) in [6, 6.07) is 18.9. The number of hydrogen-bond donors (Lipinski definition) is 5. The van der Waals surface area contributed by atoms with E-state index < -0.39 is 19.7 Å². The number of rotatable bonds is 8. The molecule has 0 bridgehead atoms. The Morgan fingerprint density at radius 3 is 2.34 bits per heavy atom. The molecule has 41 heavy (non-hydrogen) atoms. The lowest BCUT2D eigenvalue weighted by molar-refractivity contribution is 0.0697. The summed E-state index contributed by atoms with van der Waals surface area (Å²) in [4.78, 5) is 55.0. The van der Waals surface area contributed by atoms with Crippen molar-refractivity contribution < 1.29 is 43.1 Å². The number of phosphoric acid groups is 1. The van der Waals surface area contributed by atoms with Crippen LogP contribution in [-0.2, 0) is 11.0 Å². The largest absolute Gasteiger partial charge is 0.524 e. The van der Waals surface area contributed by atoms with Gasteiger partial charge in [0.1, 0.15) is 22.8 Å². The number of phenols is 1. The highest BCUT2D eigenvalue weighted by molar-refractivity contribution is 7.46. The van der Waals surface area contributed by atoms with Gasteiger partial charge in [-0.3, -0.25) is 19.4 Å². The topological polar surface area (TPSA) is 184 Å². The molecule has 3 aromatic carbocycles. The molecule has 1 aliphatic carbocycles. The lowest BCUT2D eigenvalue weighted by Gasteiger charge is -2.17. The summed E-state index contributed by atoms with van der Waals surface area (Å²) in [6.07, 6.45) is 0.395.